The van der Waals surface area contributed by atoms with Crippen LogP contribution in [0.1, 0.15) is 97.3 Å². The van der Waals surface area contributed by atoms with Crippen LogP contribution in [0, 0.1) is 0 Å². The summed E-state index contributed by atoms with van der Waals surface area (Å²) in [6.07, 6.45) is 17.1. The molecule has 0 aliphatic heterocycles. The summed E-state index contributed by atoms with van der Waals surface area (Å²) in [6, 6.07) is 0. The summed E-state index contributed by atoms with van der Waals surface area (Å²) < 4.78 is 0. The van der Waals surface area contributed by atoms with Crippen LogP contribution in [-0.4, -0.2) is 11.1 Å². The number of allylic oxidation sites excluding steroid dienone is 1. The first-order chi connectivity index (χ1) is 9.72. The van der Waals surface area contributed by atoms with E-state index in [0.717, 1.165) is 25.7 Å². The van der Waals surface area contributed by atoms with Gasteiger partial charge in [-0.1, -0.05) is 77.7 Å². The molecule has 0 aromatic carbocycles. The minimum atomic E-state index is -0.716. The van der Waals surface area contributed by atoms with Crippen LogP contribution in [0.25, 0.3) is 0 Å². The molecule has 0 aliphatic rings. The van der Waals surface area contributed by atoms with Gasteiger partial charge in [-0.25, -0.2) is 4.79 Å². The van der Waals surface area contributed by atoms with Gasteiger partial charge in [-0.3, -0.25) is 0 Å². The number of rotatable bonds is 14. The summed E-state index contributed by atoms with van der Waals surface area (Å²) in [7, 11) is 0. The van der Waals surface area contributed by atoms with E-state index in [9.17, 15) is 9.90 Å². The molecule has 0 fully saturated rings. The maximum absolute atomic E-state index is 11.2. The highest BCUT2D eigenvalue weighted by atomic mass is 16.4. The molecule has 0 rings (SSSR count). The average Bonchev–Trinajstić information content (AvgIpc) is 2.43. The smallest absolute Gasteiger partial charge is 0.331 e. The Morgan fingerprint density at radius 1 is 0.800 bits per heavy atom. The molecule has 0 heterocycles. The molecule has 0 aromatic rings. The van der Waals surface area contributed by atoms with Crippen molar-refractivity contribution >= 4 is 5.97 Å². The van der Waals surface area contributed by atoms with E-state index in [-0.39, 0.29) is 0 Å². The van der Waals surface area contributed by atoms with Gasteiger partial charge in [-0.15, -0.1) is 0 Å². The van der Waals surface area contributed by atoms with Crippen LogP contribution >= 0.6 is 0 Å². The van der Waals surface area contributed by atoms with E-state index in [1.165, 1.54) is 57.8 Å². The summed E-state index contributed by atoms with van der Waals surface area (Å²) >= 11 is 0. The third-order valence-electron chi connectivity index (χ3n) is 3.77. The molecule has 0 saturated carbocycles. The molecular weight excluding hydrogens is 248 g/mol. The quantitative estimate of drug-likeness (QED) is 0.308. The predicted molar refractivity (Wildman–Crippen MR) is 87.1 cm³/mol. The molecule has 0 amide bonds. The number of hydrogen-bond donors (Lipinski definition) is 1. The van der Waals surface area contributed by atoms with Crippen LogP contribution in [-0.2, 0) is 4.79 Å². The molecule has 0 spiro atoms. The SMILES string of the molecule is CCCCCCCC=C(CCCCCCCC)C(=O)O. The van der Waals surface area contributed by atoms with Crippen molar-refractivity contribution in [3.05, 3.63) is 11.6 Å². The number of carbonyl (C=O) groups is 1. The Labute approximate surface area is 125 Å². The van der Waals surface area contributed by atoms with Crippen molar-refractivity contribution in [3.8, 4) is 0 Å². The van der Waals surface area contributed by atoms with Crippen molar-refractivity contribution in [1.82, 2.24) is 0 Å². The fourth-order valence-corrected chi connectivity index (χ4v) is 2.42. The molecule has 2 heteroatoms. The van der Waals surface area contributed by atoms with Gasteiger partial charge in [0.15, 0.2) is 0 Å². The molecule has 20 heavy (non-hydrogen) atoms. The second-order valence-electron chi connectivity index (χ2n) is 5.76. The summed E-state index contributed by atoms with van der Waals surface area (Å²) in [6.45, 7) is 4.43. The second kappa shape index (κ2) is 14.6. The Morgan fingerprint density at radius 2 is 1.30 bits per heavy atom. The van der Waals surface area contributed by atoms with Gasteiger partial charge in [-0.05, 0) is 25.7 Å². The predicted octanol–water partition coefficient (Wildman–Crippen LogP) is 6.11. The van der Waals surface area contributed by atoms with Gasteiger partial charge in [0.2, 0.25) is 0 Å². The number of unbranched alkanes of at least 4 members (excludes halogenated alkanes) is 10. The molecule has 118 valence electrons. The highest BCUT2D eigenvalue weighted by Crippen LogP contribution is 2.14. The van der Waals surface area contributed by atoms with Gasteiger partial charge >= 0.3 is 5.97 Å². The molecule has 0 aliphatic carbocycles. The van der Waals surface area contributed by atoms with Crippen molar-refractivity contribution in [2.45, 2.75) is 97.3 Å². The van der Waals surface area contributed by atoms with Gasteiger partial charge in [0.05, 0.1) is 0 Å². The summed E-state index contributed by atoms with van der Waals surface area (Å²) in [5.74, 6) is -0.716. The maximum atomic E-state index is 11.2. The van der Waals surface area contributed by atoms with Crippen molar-refractivity contribution in [2.24, 2.45) is 0 Å². The molecule has 0 bridgehead atoms. The average molecular weight is 282 g/mol. The molecule has 0 unspecified atom stereocenters. The van der Waals surface area contributed by atoms with E-state index in [4.69, 9.17) is 0 Å². The number of carboxylic acid groups (broad SMARTS) is 1. The van der Waals surface area contributed by atoms with Crippen molar-refractivity contribution in [2.75, 3.05) is 0 Å². The van der Waals surface area contributed by atoms with E-state index >= 15 is 0 Å². The maximum Gasteiger partial charge on any atom is 0.331 e. The fraction of sp³-hybridized carbons (Fsp3) is 0.833. The van der Waals surface area contributed by atoms with Gasteiger partial charge in [0.1, 0.15) is 0 Å². The van der Waals surface area contributed by atoms with Crippen LogP contribution in [0.2, 0.25) is 0 Å². The third kappa shape index (κ3) is 12.3. The Balaban J connectivity index is 3.71. The Kier molecular flexibility index (Phi) is 14.0. The minimum Gasteiger partial charge on any atom is -0.478 e. The number of hydrogen-bond acceptors (Lipinski definition) is 1. The normalized spacial score (nSPS) is 11.8. The van der Waals surface area contributed by atoms with Gasteiger partial charge in [0.25, 0.3) is 0 Å². The Hall–Kier alpha value is -0.790. The van der Waals surface area contributed by atoms with E-state index in [1.54, 1.807) is 0 Å². The molecule has 0 saturated heterocycles. The first kappa shape index (κ1) is 19.2. The first-order valence-corrected chi connectivity index (χ1v) is 8.64. The standard InChI is InChI=1S/C18H34O2/c1-3-5-7-9-11-13-15-17(18(19)20)16-14-12-10-8-6-4-2/h15H,3-14,16H2,1-2H3,(H,19,20). The molecule has 1 N–H and O–H groups in total. The lowest BCUT2D eigenvalue weighted by molar-refractivity contribution is -0.132. The second-order valence-corrected chi connectivity index (χ2v) is 5.76. The van der Waals surface area contributed by atoms with Gasteiger partial charge in [-0.2, -0.15) is 0 Å². The molecule has 0 aromatic heterocycles. The summed E-state index contributed by atoms with van der Waals surface area (Å²) in [4.78, 5) is 11.2. The summed E-state index contributed by atoms with van der Waals surface area (Å²) in [5, 5.41) is 9.19. The molecule has 0 radical (unpaired) electrons. The zero-order valence-corrected chi connectivity index (χ0v) is 13.6. The van der Waals surface area contributed by atoms with E-state index in [1.807, 2.05) is 6.08 Å². The lowest BCUT2D eigenvalue weighted by atomic mass is 10.0. The van der Waals surface area contributed by atoms with E-state index < -0.39 is 5.97 Å². The lowest BCUT2D eigenvalue weighted by Gasteiger charge is -2.04. The van der Waals surface area contributed by atoms with Gasteiger partial charge in [0, 0.05) is 5.57 Å². The van der Waals surface area contributed by atoms with Crippen LogP contribution < -0.4 is 0 Å². The fourth-order valence-electron chi connectivity index (χ4n) is 2.42. The molecular formula is C18H34O2. The van der Waals surface area contributed by atoms with E-state index in [0.29, 0.717) is 5.57 Å². The van der Waals surface area contributed by atoms with Crippen LogP contribution in [0.5, 0.6) is 0 Å². The summed E-state index contributed by atoms with van der Waals surface area (Å²) in [5.41, 5.74) is 0.635. The highest BCUT2D eigenvalue weighted by molar-refractivity contribution is 5.86. The molecule has 0 atom stereocenters. The van der Waals surface area contributed by atoms with Crippen LogP contribution in [0.15, 0.2) is 11.6 Å². The molecule has 2 nitrogen and oxygen atoms in total. The topological polar surface area (TPSA) is 37.3 Å². The minimum absolute atomic E-state index is 0.635. The highest BCUT2D eigenvalue weighted by Gasteiger charge is 2.06. The van der Waals surface area contributed by atoms with Crippen LogP contribution in [0.3, 0.4) is 0 Å². The van der Waals surface area contributed by atoms with Crippen molar-refractivity contribution in [3.63, 3.8) is 0 Å². The lowest BCUT2D eigenvalue weighted by Crippen LogP contribution is -2.00. The number of carboxylic acids is 1. The monoisotopic (exact) mass is 282 g/mol. The Morgan fingerprint density at radius 3 is 1.85 bits per heavy atom. The Bertz CT molecular complexity index is 256. The zero-order valence-electron chi connectivity index (χ0n) is 13.6. The van der Waals surface area contributed by atoms with Crippen LogP contribution in [0.4, 0.5) is 0 Å². The first-order valence-electron chi connectivity index (χ1n) is 8.64. The number of aliphatic carboxylic acids is 1. The van der Waals surface area contributed by atoms with Crippen molar-refractivity contribution < 1.29 is 9.90 Å². The zero-order chi connectivity index (χ0) is 15.1. The van der Waals surface area contributed by atoms with E-state index in [2.05, 4.69) is 13.8 Å². The largest absolute Gasteiger partial charge is 0.478 e. The van der Waals surface area contributed by atoms with Crippen molar-refractivity contribution in [1.29, 1.82) is 0 Å². The third-order valence-corrected chi connectivity index (χ3v) is 3.77. The van der Waals surface area contributed by atoms with Gasteiger partial charge < -0.3 is 5.11 Å².